The minimum absolute atomic E-state index is 0.0186. The van der Waals surface area contributed by atoms with Gasteiger partial charge in [0, 0.05) is 18.3 Å². The maximum Gasteiger partial charge on any atom is 0.328 e. The van der Waals surface area contributed by atoms with E-state index in [4.69, 9.17) is 0 Å². The van der Waals surface area contributed by atoms with E-state index in [0.717, 1.165) is 4.57 Å². The highest BCUT2D eigenvalue weighted by molar-refractivity contribution is 9.10. The van der Waals surface area contributed by atoms with Gasteiger partial charge >= 0.3 is 5.69 Å². The maximum atomic E-state index is 13.4. The molecule has 8 heteroatoms. The summed E-state index contributed by atoms with van der Waals surface area (Å²) in [6, 6.07) is 6.07. The van der Waals surface area contributed by atoms with Crippen LogP contribution in [0.25, 0.3) is 0 Å². The predicted octanol–water partition coefficient (Wildman–Crippen LogP) is 0.755. The van der Waals surface area contributed by atoms with E-state index in [1.165, 1.54) is 12.3 Å². The molecule has 0 aliphatic rings. The van der Waals surface area contributed by atoms with Crippen LogP contribution in [0, 0.1) is 5.82 Å². The van der Waals surface area contributed by atoms with E-state index < -0.39 is 23.0 Å². The number of benzene rings is 1. The molecule has 6 nitrogen and oxygen atoms in total. The molecule has 0 unspecified atom stereocenters. The van der Waals surface area contributed by atoms with Gasteiger partial charge in [-0.1, -0.05) is 18.2 Å². The highest BCUT2D eigenvalue weighted by atomic mass is 79.9. The third kappa shape index (κ3) is 3.88. The van der Waals surface area contributed by atoms with Gasteiger partial charge < -0.3 is 5.32 Å². The molecule has 0 aliphatic heterocycles. The van der Waals surface area contributed by atoms with Crippen molar-refractivity contribution in [3.05, 3.63) is 67.2 Å². The summed E-state index contributed by atoms with van der Waals surface area (Å²) in [5, 5.41) is 2.50. The minimum atomic E-state index is -0.691. The summed E-state index contributed by atoms with van der Waals surface area (Å²) in [6.45, 7) is -0.257. The van der Waals surface area contributed by atoms with E-state index >= 15 is 0 Å². The zero-order valence-corrected chi connectivity index (χ0v) is 12.3. The lowest BCUT2D eigenvalue weighted by Gasteiger charge is -2.08. The zero-order chi connectivity index (χ0) is 15.4. The van der Waals surface area contributed by atoms with Crippen molar-refractivity contribution < 1.29 is 9.18 Å². The van der Waals surface area contributed by atoms with E-state index in [1.807, 2.05) is 0 Å². The highest BCUT2D eigenvalue weighted by Crippen LogP contribution is 2.05. The van der Waals surface area contributed by atoms with Crippen molar-refractivity contribution in [3.8, 4) is 0 Å². The first-order chi connectivity index (χ1) is 9.97. The Morgan fingerprint density at radius 3 is 2.76 bits per heavy atom. The number of aromatic nitrogens is 2. The minimum Gasteiger partial charge on any atom is -0.350 e. The number of hydrogen-bond donors (Lipinski definition) is 2. The second-order valence-electron chi connectivity index (χ2n) is 4.23. The molecule has 2 N–H and O–H groups in total. The Morgan fingerprint density at radius 1 is 1.33 bits per heavy atom. The van der Waals surface area contributed by atoms with Crippen LogP contribution in [0.2, 0.25) is 0 Å². The second kappa shape index (κ2) is 6.49. The third-order valence-corrected chi connectivity index (χ3v) is 3.28. The molecular formula is C13H11BrFN3O3. The predicted molar refractivity (Wildman–Crippen MR) is 77.3 cm³/mol. The number of halogens is 2. The second-order valence-corrected chi connectivity index (χ2v) is 5.09. The molecule has 1 amide bonds. The van der Waals surface area contributed by atoms with Crippen LogP contribution < -0.4 is 16.6 Å². The van der Waals surface area contributed by atoms with E-state index in [0.29, 0.717) is 5.56 Å². The van der Waals surface area contributed by atoms with Crippen LogP contribution in [0.1, 0.15) is 5.56 Å². The molecule has 1 aromatic heterocycles. The number of aromatic amines is 1. The first-order valence-electron chi connectivity index (χ1n) is 5.97. The standard InChI is InChI=1S/C13H11BrFN3O3/c14-9-6-18(13(21)17-12(9)20)7-11(19)16-5-8-3-1-2-4-10(8)15/h1-4,6H,5,7H2,(H,16,19)(H,17,20,21). The molecule has 0 aliphatic carbocycles. The Kier molecular flexibility index (Phi) is 4.69. The summed E-state index contributed by atoms with van der Waals surface area (Å²) >= 11 is 2.97. The number of hydrogen-bond acceptors (Lipinski definition) is 3. The SMILES string of the molecule is O=C(Cn1cc(Br)c(=O)[nH]c1=O)NCc1ccccc1F. The van der Waals surface area contributed by atoms with E-state index in [2.05, 4.69) is 26.2 Å². The van der Waals surface area contributed by atoms with Crippen molar-refractivity contribution in [1.82, 2.24) is 14.9 Å². The molecule has 0 spiro atoms. The average molecular weight is 356 g/mol. The number of amides is 1. The fraction of sp³-hybridized carbons (Fsp3) is 0.154. The monoisotopic (exact) mass is 355 g/mol. The quantitative estimate of drug-likeness (QED) is 0.848. The van der Waals surface area contributed by atoms with Gasteiger partial charge in [0.2, 0.25) is 5.91 Å². The lowest BCUT2D eigenvalue weighted by atomic mass is 10.2. The van der Waals surface area contributed by atoms with Crippen molar-refractivity contribution in [1.29, 1.82) is 0 Å². The van der Waals surface area contributed by atoms with Gasteiger partial charge in [0.15, 0.2) is 0 Å². The van der Waals surface area contributed by atoms with Gasteiger partial charge in [-0.05, 0) is 22.0 Å². The lowest BCUT2D eigenvalue weighted by molar-refractivity contribution is -0.121. The largest absolute Gasteiger partial charge is 0.350 e. The van der Waals surface area contributed by atoms with Crippen molar-refractivity contribution in [2.45, 2.75) is 13.1 Å². The first kappa shape index (κ1) is 15.2. The zero-order valence-electron chi connectivity index (χ0n) is 10.7. The normalized spacial score (nSPS) is 10.4. The molecule has 0 bridgehead atoms. The number of nitrogens with zero attached hydrogens (tertiary/aromatic N) is 1. The molecule has 1 aromatic carbocycles. The Labute approximate surface area is 126 Å². The molecule has 0 fully saturated rings. The number of rotatable bonds is 4. The Morgan fingerprint density at radius 2 is 2.05 bits per heavy atom. The average Bonchev–Trinajstić information content (AvgIpc) is 2.44. The summed E-state index contributed by atoms with van der Waals surface area (Å²) in [4.78, 5) is 36.5. The van der Waals surface area contributed by atoms with Crippen LogP contribution in [0.3, 0.4) is 0 Å². The third-order valence-electron chi connectivity index (χ3n) is 2.72. The van der Waals surface area contributed by atoms with Crippen LogP contribution in [-0.2, 0) is 17.9 Å². The van der Waals surface area contributed by atoms with Crippen LogP contribution in [0.5, 0.6) is 0 Å². The van der Waals surface area contributed by atoms with Gasteiger partial charge in [0.25, 0.3) is 5.56 Å². The Bertz CT molecular complexity index is 785. The summed E-state index contributed by atoms with van der Waals surface area (Å²) < 4.78 is 14.6. The van der Waals surface area contributed by atoms with Gasteiger partial charge in [-0.2, -0.15) is 0 Å². The smallest absolute Gasteiger partial charge is 0.328 e. The van der Waals surface area contributed by atoms with Gasteiger partial charge in [0.1, 0.15) is 12.4 Å². The molecule has 2 aromatic rings. The van der Waals surface area contributed by atoms with E-state index in [1.54, 1.807) is 18.2 Å². The molecule has 21 heavy (non-hydrogen) atoms. The first-order valence-corrected chi connectivity index (χ1v) is 6.76. The fourth-order valence-corrected chi connectivity index (χ4v) is 1.99. The van der Waals surface area contributed by atoms with Crippen LogP contribution in [-0.4, -0.2) is 15.5 Å². The molecule has 2 rings (SSSR count). The van der Waals surface area contributed by atoms with E-state index in [9.17, 15) is 18.8 Å². The topological polar surface area (TPSA) is 84.0 Å². The van der Waals surface area contributed by atoms with Crippen molar-refractivity contribution in [3.63, 3.8) is 0 Å². The lowest BCUT2D eigenvalue weighted by Crippen LogP contribution is -2.35. The van der Waals surface area contributed by atoms with Crippen LogP contribution in [0.4, 0.5) is 4.39 Å². The Balaban J connectivity index is 2.03. The van der Waals surface area contributed by atoms with Gasteiger partial charge in [-0.3, -0.25) is 19.1 Å². The van der Waals surface area contributed by atoms with Crippen LogP contribution in [0.15, 0.2) is 44.5 Å². The number of carbonyl (C=O) groups excluding carboxylic acids is 1. The number of carbonyl (C=O) groups is 1. The number of H-pyrrole nitrogens is 1. The molecule has 0 radical (unpaired) electrons. The van der Waals surface area contributed by atoms with Gasteiger partial charge in [-0.15, -0.1) is 0 Å². The maximum absolute atomic E-state index is 13.4. The molecule has 110 valence electrons. The van der Waals surface area contributed by atoms with Crippen molar-refractivity contribution in [2.24, 2.45) is 0 Å². The molecule has 0 atom stereocenters. The van der Waals surface area contributed by atoms with Gasteiger partial charge in [-0.25, -0.2) is 9.18 Å². The molecule has 0 saturated carbocycles. The van der Waals surface area contributed by atoms with Crippen LogP contribution >= 0.6 is 15.9 Å². The molecule has 1 heterocycles. The molecular weight excluding hydrogens is 345 g/mol. The summed E-state index contributed by atoms with van der Waals surface area (Å²) in [5.41, 5.74) is -0.909. The van der Waals surface area contributed by atoms with Crippen molar-refractivity contribution >= 4 is 21.8 Å². The summed E-state index contributed by atoms with van der Waals surface area (Å²) in [6.07, 6.45) is 1.23. The van der Waals surface area contributed by atoms with Gasteiger partial charge in [0.05, 0.1) is 4.47 Å². The fourth-order valence-electron chi connectivity index (χ4n) is 1.65. The number of nitrogens with one attached hydrogen (secondary N) is 2. The highest BCUT2D eigenvalue weighted by Gasteiger charge is 2.08. The summed E-state index contributed by atoms with van der Waals surface area (Å²) in [5.74, 6) is -0.888. The molecule has 0 saturated heterocycles. The van der Waals surface area contributed by atoms with Crippen molar-refractivity contribution in [2.75, 3.05) is 0 Å². The van der Waals surface area contributed by atoms with E-state index in [-0.39, 0.29) is 17.6 Å². The Hall–Kier alpha value is -2.22. The summed E-state index contributed by atoms with van der Waals surface area (Å²) in [7, 11) is 0.